The Morgan fingerprint density at radius 1 is 1.25 bits per heavy atom. The zero-order chi connectivity index (χ0) is 16.9. The number of piperidine rings is 1. The highest BCUT2D eigenvalue weighted by atomic mass is 35.5. The molecular formula is C16H19ClF3N3O. The Morgan fingerprint density at radius 2 is 1.96 bits per heavy atom. The van der Waals surface area contributed by atoms with Crippen LogP contribution < -0.4 is 0 Å². The standard InChI is InChI=1S/C16H19ClF3N3O/c17-14-2-1-12-13(21-14)7-23(10-16(18,19)20)15(12)3-5-22(6-4-15)11-8-24-9-11/h1-2,11H,3-10H2. The molecule has 1 aromatic rings. The first-order valence-corrected chi connectivity index (χ1v) is 8.55. The summed E-state index contributed by atoms with van der Waals surface area (Å²) in [5.41, 5.74) is 1.02. The van der Waals surface area contributed by atoms with Crippen molar-refractivity contribution in [3.05, 3.63) is 28.5 Å². The average Bonchev–Trinajstić information content (AvgIpc) is 2.71. The zero-order valence-corrected chi connectivity index (χ0v) is 13.9. The van der Waals surface area contributed by atoms with Crippen molar-refractivity contribution in [1.29, 1.82) is 0 Å². The summed E-state index contributed by atoms with van der Waals surface area (Å²) in [7, 11) is 0. The van der Waals surface area contributed by atoms with Gasteiger partial charge in [0.15, 0.2) is 0 Å². The molecule has 4 rings (SSSR count). The maximum atomic E-state index is 13.1. The number of aromatic nitrogens is 1. The van der Waals surface area contributed by atoms with Crippen LogP contribution in [0.25, 0.3) is 0 Å². The van der Waals surface area contributed by atoms with E-state index >= 15 is 0 Å². The normalized spacial score (nSPS) is 25.0. The summed E-state index contributed by atoms with van der Waals surface area (Å²) in [5.74, 6) is 0. The van der Waals surface area contributed by atoms with E-state index in [1.165, 1.54) is 0 Å². The van der Waals surface area contributed by atoms with Crippen LogP contribution in [0.1, 0.15) is 24.1 Å². The van der Waals surface area contributed by atoms with Crippen molar-refractivity contribution >= 4 is 11.6 Å². The molecule has 0 radical (unpaired) electrons. The number of halogens is 4. The molecule has 4 nitrogen and oxygen atoms in total. The fraction of sp³-hybridized carbons (Fsp3) is 0.688. The number of hydrogen-bond donors (Lipinski definition) is 0. The third kappa shape index (κ3) is 2.81. The third-order valence-corrected chi connectivity index (χ3v) is 5.73. The summed E-state index contributed by atoms with van der Waals surface area (Å²) >= 11 is 5.95. The van der Waals surface area contributed by atoms with Crippen molar-refractivity contribution in [2.75, 3.05) is 32.8 Å². The number of pyridine rings is 1. The molecule has 24 heavy (non-hydrogen) atoms. The smallest absolute Gasteiger partial charge is 0.378 e. The quantitative estimate of drug-likeness (QED) is 0.757. The molecule has 0 aliphatic carbocycles. The van der Waals surface area contributed by atoms with E-state index in [1.807, 2.05) is 6.07 Å². The molecule has 4 heterocycles. The van der Waals surface area contributed by atoms with Gasteiger partial charge in [-0.1, -0.05) is 17.7 Å². The Balaban J connectivity index is 1.62. The minimum Gasteiger partial charge on any atom is -0.378 e. The van der Waals surface area contributed by atoms with Crippen LogP contribution in [0.2, 0.25) is 5.15 Å². The van der Waals surface area contributed by atoms with Gasteiger partial charge in [-0.2, -0.15) is 13.2 Å². The minimum atomic E-state index is -4.22. The number of nitrogens with zero attached hydrogens (tertiary/aromatic N) is 3. The molecule has 3 aliphatic rings. The molecule has 2 fully saturated rings. The molecule has 0 amide bonds. The van der Waals surface area contributed by atoms with Crippen LogP contribution in [0.4, 0.5) is 13.2 Å². The summed E-state index contributed by atoms with van der Waals surface area (Å²) in [6.07, 6.45) is -2.87. The Bertz CT molecular complexity index is 627. The van der Waals surface area contributed by atoms with Gasteiger partial charge in [0.1, 0.15) is 5.15 Å². The second-order valence-corrected chi connectivity index (χ2v) is 7.25. The van der Waals surface area contributed by atoms with E-state index in [1.54, 1.807) is 11.0 Å². The summed E-state index contributed by atoms with van der Waals surface area (Å²) in [6.45, 7) is 2.32. The zero-order valence-electron chi connectivity index (χ0n) is 13.2. The lowest BCUT2D eigenvalue weighted by molar-refractivity contribution is -0.166. The number of hydrogen-bond acceptors (Lipinski definition) is 4. The van der Waals surface area contributed by atoms with E-state index in [2.05, 4.69) is 9.88 Å². The summed E-state index contributed by atoms with van der Waals surface area (Å²) in [6, 6.07) is 3.97. The van der Waals surface area contributed by atoms with Gasteiger partial charge in [-0.15, -0.1) is 0 Å². The number of likely N-dealkylation sites (tertiary alicyclic amines) is 1. The first-order chi connectivity index (χ1) is 11.4. The molecular weight excluding hydrogens is 343 g/mol. The highest BCUT2D eigenvalue weighted by Crippen LogP contribution is 2.47. The predicted octanol–water partition coefficient (Wildman–Crippen LogP) is 2.80. The molecule has 8 heteroatoms. The second kappa shape index (κ2) is 5.83. The van der Waals surface area contributed by atoms with E-state index < -0.39 is 18.3 Å². The van der Waals surface area contributed by atoms with Gasteiger partial charge in [0.25, 0.3) is 0 Å². The van der Waals surface area contributed by atoms with Crippen molar-refractivity contribution in [3.63, 3.8) is 0 Å². The van der Waals surface area contributed by atoms with Crippen molar-refractivity contribution in [1.82, 2.24) is 14.8 Å². The molecule has 0 unspecified atom stereocenters. The molecule has 0 saturated carbocycles. The largest absolute Gasteiger partial charge is 0.401 e. The Kier molecular flexibility index (Phi) is 4.03. The summed E-state index contributed by atoms with van der Waals surface area (Å²) in [5, 5.41) is 0.335. The fourth-order valence-electron chi connectivity index (χ4n) is 4.22. The van der Waals surface area contributed by atoms with Crippen LogP contribution in [-0.2, 0) is 16.8 Å². The first-order valence-electron chi connectivity index (χ1n) is 8.17. The van der Waals surface area contributed by atoms with Crippen LogP contribution in [0.15, 0.2) is 12.1 Å². The van der Waals surface area contributed by atoms with Crippen molar-refractivity contribution in [2.24, 2.45) is 0 Å². The molecule has 0 N–H and O–H groups in total. The molecule has 1 aromatic heterocycles. The molecule has 3 aliphatic heterocycles. The fourth-order valence-corrected chi connectivity index (χ4v) is 4.39. The molecule has 0 aromatic carbocycles. The second-order valence-electron chi connectivity index (χ2n) is 6.86. The lowest BCUT2D eigenvalue weighted by atomic mass is 9.81. The molecule has 1 spiro atoms. The Hall–Kier alpha value is -0.890. The summed E-state index contributed by atoms with van der Waals surface area (Å²) in [4.78, 5) is 8.17. The molecule has 0 atom stereocenters. The van der Waals surface area contributed by atoms with E-state index in [-0.39, 0.29) is 6.54 Å². The van der Waals surface area contributed by atoms with E-state index in [4.69, 9.17) is 16.3 Å². The lowest BCUT2D eigenvalue weighted by Gasteiger charge is -2.48. The number of rotatable bonds is 2. The Labute approximate surface area is 143 Å². The van der Waals surface area contributed by atoms with Crippen LogP contribution in [0, 0.1) is 0 Å². The minimum absolute atomic E-state index is 0.210. The van der Waals surface area contributed by atoms with Gasteiger partial charge in [0.2, 0.25) is 0 Å². The van der Waals surface area contributed by atoms with E-state index in [9.17, 15) is 13.2 Å². The van der Waals surface area contributed by atoms with Crippen LogP contribution in [0.3, 0.4) is 0 Å². The SMILES string of the molecule is FC(F)(F)CN1Cc2nc(Cl)ccc2C12CCN(C1COC1)CC2. The van der Waals surface area contributed by atoms with Crippen molar-refractivity contribution in [3.8, 4) is 0 Å². The highest BCUT2D eigenvalue weighted by Gasteiger charge is 2.51. The van der Waals surface area contributed by atoms with E-state index in [0.29, 0.717) is 29.7 Å². The van der Waals surface area contributed by atoms with Gasteiger partial charge < -0.3 is 4.74 Å². The maximum absolute atomic E-state index is 13.1. The number of alkyl halides is 3. The van der Waals surface area contributed by atoms with E-state index in [0.717, 1.165) is 31.9 Å². The molecule has 132 valence electrons. The summed E-state index contributed by atoms with van der Waals surface area (Å²) < 4.78 is 44.5. The topological polar surface area (TPSA) is 28.6 Å². The van der Waals surface area contributed by atoms with Gasteiger partial charge in [-0.05, 0) is 24.5 Å². The van der Waals surface area contributed by atoms with Crippen LogP contribution >= 0.6 is 11.6 Å². The third-order valence-electron chi connectivity index (χ3n) is 5.52. The number of fused-ring (bicyclic) bond motifs is 2. The monoisotopic (exact) mass is 361 g/mol. The predicted molar refractivity (Wildman–Crippen MR) is 82.8 cm³/mol. The first kappa shape index (κ1) is 16.6. The van der Waals surface area contributed by atoms with Crippen LogP contribution in [-0.4, -0.2) is 59.8 Å². The Morgan fingerprint density at radius 3 is 2.54 bits per heavy atom. The average molecular weight is 362 g/mol. The molecule has 2 saturated heterocycles. The van der Waals surface area contributed by atoms with Gasteiger partial charge in [-0.25, -0.2) is 4.98 Å². The van der Waals surface area contributed by atoms with Crippen molar-refractivity contribution in [2.45, 2.75) is 37.1 Å². The van der Waals surface area contributed by atoms with Gasteiger partial charge in [0.05, 0.1) is 37.0 Å². The maximum Gasteiger partial charge on any atom is 0.401 e. The van der Waals surface area contributed by atoms with Gasteiger partial charge in [0, 0.05) is 19.6 Å². The van der Waals surface area contributed by atoms with Crippen LogP contribution in [0.5, 0.6) is 0 Å². The highest BCUT2D eigenvalue weighted by molar-refractivity contribution is 6.29. The lowest BCUT2D eigenvalue weighted by Crippen LogP contribution is -2.57. The van der Waals surface area contributed by atoms with Gasteiger partial charge >= 0.3 is 6.18 Å². The van der Waals surface area contributed by atoms with Crippen molar-refractivity contribution < 1.29 is 17.9 Å². The number of ether oxygens (including phenoxy) is 1. The van der Waals surface area contributed by atoms with Gasteiger partial charge in [-0.3, -0.25) is 9.80 Å². The molecule has 0 bridgehead atoms.